The van der Waals surface area contributed by atoms with Crippen LogP contribution < -0.4 is 10.2 Å². The van der Waals surface area contributed by atoms with E-state index in [0.717, 1.165) is 56.4 Å². The van der Waals surface area contributed by atoms with Gasteiger partial charge in [-0.25, -0.2) is 4.79 Å². The predicted octanol–water partition coefficient (Wildman–Crippen LogP) is 2.32. The summed E-state index contributed by atoms with van der Waals surface area (Å²) < 4.78 is 5.37. The molecule has 0 unspecified atom stereocenters. The molecule has 1 saturated carbocycles. The molecule has 3 fully saturated rings. The Morgan fingerprint density at radius 1 is 0.964 bits per heavy atom. The fraction of sp³-hybridized carbons (Fsp3) is 0.476. The zero-order valence-corrected chi connectivity index (χ0v) is 15.9. The number of benzene rings is 1. The number of rotatable bonds is 3. The van der Waals surface area contributed by atoms with Crippen molar-refractivity contribution in [3.8, 4) is 0 Å². The highest BCUT2D eigenvalue weighted by Crippen LogP contribution is 2.26. The summed E-state index contributed by atoms with van der Waals surface area (Å²) in [5.74, 6) is -1.11. The average Bonchev–Trinajstić information content (AvgIpc) is 2.73. The number of carbonyl (C=O) groups is 3. The van der Waals surface area contributed by atoms with E-state index < -0.39 is 17.8 Å². The Morgan fingerprint density at radius 2 is 1.64 bits per heavy atom. The van der Waals surface area contributed by atoms with Crippen molar-refractivity contribution >= 4 is 29.6 Å². The normalized spacial score (nSPS) is 23.3. The van der Waals surface area contributed by atoms with Crippen molar-refractivity contribution < 1.29 is 19.1 Å². The predicted molar refractivity (Wildman–Crippen MR) is 105 cm³/mol. The smallest absolute Gasteiger partial charge is 0.331 e. The molecule has 7 nitrogen and oxygen atoms in total. The van der Waals surface area contributed by atoms with E-state index in [2.05, 4.69) is 10.2 Å². The molecule has 4 rings (SSSR count). The minimum absolute atomic E-state index is 0.0179. The number of morpholine rings is 1. The van der Waals surface area contributed by atoms with Crippen molar-refractivity contribution in [2.45, 2.75) is 38.1 Å². The third-order valence-electron chi connectivity index (χ3n) is 5.65. The Hall–Kier alpha value is -2.67. The number of barbiturate groups is 1. The largest absolute Gasteiger partial charge is 0.378 e. The minimum Gasteiger partial charge on any atom is -0.378 e. The van der Waals surface area contributed by atoms with Crippen LogP contribution >= 0.6 is 0 Å². The molecule has 1 aromatic rings. The molecule has 2 heterocycles. The third-order valence-corrected chi connectivity index (χ3v) is 5.65. The second-order valence-electron chi connectivity index (χ2n) is 7.48. The summed E-state index contributed by atoms with van der Waals surface area (Å²) in [6.07, 6.45) is 6.29. The molecule has 2 aliphatic heterocycles. The summed E-state index contributed by atoms with van der Waals surface area (Å²) in [5.41, 5.74) is 1.86. The van der Waals surface area contributed by atoms with Gasteiger partial charge in [0.1, 0.15) is 5.57 Å². The monoisotopic (exact) mass is 383 g/mol. The first-order chi connectivity index (χ1) is 13.6. The van der Waals surface area contributed by atoms with Gasteiger partial charge in [0.25, 0.3) is 11.8 Å². The molecule has 0 atom stereocenters. The molecule has 0 radical (unpaired) electrons. The zero-order valence-electron chi connectivity index (χ0n) is 15.9. The number of hydrogen-bond donors (Lipinski definition) is 1. The lowest BCUT2D eigenvalue weighted by molar-refractivity contribution is -0.132. The fourth-order valence-electron chi connectivity index (χ4n) is 4.11. The first-order valence-electron chi connectivity index (χ1n) is 9.97. The first kappa shape index (κ1) is 18.7. The SMILES string of the molecule is O=C1NC(=O)N(C2CCCCC2)C(=O)/C1=C\c1ccc(N2CCOCC2)cc1. The number of nitrogens with one attached hydrogen (secondary N) is 1. The highest BCUT2D eigenvalue weighted by Gasteiger charge is 2.40. The summed E-state index contributed by atoms with van der Waals surface area (Å²) in [5, 5.41) is 2.33. The molecule has 28 heavy (non-hydrogen) atoms. The lowest BCUT2D eigenvalue weighted by atomic mass is 9.93. The zero-order chi connectivity index (χ0) is 19.5. The van der Waals surface area contributed by atoms with Gasteiger partial charge in [0.15, 0.2) is 0 Å². The Kier molecular flexibility index (Phi) is 5.43. The maximum atomic E-state index is 12.9. The van der Waals surface area contributed by atoms with Crippen molar-refractivity contribution in [3.05, 3.63) is 35.4 Å². The highest BCUT2D eigenvalue weighted by atomic mass is 16.5. The number of nitrogens with zero attached hydrogens (tertiary/aromatic N) is 2. The van der Waals surface area contributed by atoms with Crippen LogP contribution in [0.15, 0.2) is 29.8 Å². The van der Waals surface area contributed by atoms with Gasteiger partial charge in [-0.2, -0.15) is 0 Å². The van der Waals surface area contributed by atoms with Gasteiger partial charge in [-0.3, -0.25) is 19.8 Å². The fourth-order valence-corrected chi connectivity index (χ4v) is 4.11. The summed E-state index contributed by atoms with van der Waals surface area (Å²) in [7, 11) is 0. The van der Waals surface area contributed by atoms with E-state index in [1.165, 1.54) is 4.90 Å². The van der Waals surface area contributed by atoms with Crippen LogP contribution in [0.4, 0.5) is 10.5 Å². The Labute approximate surface area is 164 Å². The molecule has 0 aromatic heterocycles. The number of imide groups is 2. The van der Waals surface area contributed by atoms with Crippen LogP contribution in [0.2, 0.25) is 0 Å². The maximum absolute atomic E-state index is 12.9. The number of urea groups is 1. The molecule has 7 heteroatoms. The molecular formula is C21H25N3O4. The Balaban J connectivity index is 1.54. The number of anilines is 1. The first-order valence-corrected chi connectivity index (χ1v) is 9.97. The van der Waals surface area contributed by atoms with E-state index in [-0.39, 0.29) is 11.6 Å². The average molecular weight is 383 g/mol. The van der Waals surface area contributed by atoms with Gasteiger partial charge in [-0.15, -0.1) is 0 Å². The summed E-state index contributed by atoms with van der Waals surface area (Å²) in [6, 6.07) is 7.02. The molecule has 3 aliphatic rings. The third kappa shape index (κ3) is 3.80. The number of carbonyl (C=O) groups excluding carboxylic acids is 3. The van der Waals surface area contributed by atoms with Gasteiger partial charge in [0, 0.05) is 24.8 Å². The summed E-state index contributed by atoms with van der Waals surface area (Å²) in [6.45, 7) is 3.12. The van der Waals surface area contributed by atoms with Gasteiger partial charge in [0.05, 0.1) is 13.2 Å². The molecule has 0 spiro atoms. The second-order valence-corrected chi connectivity index (χ2v) is 7.48. The molecule has 1 N–H and O–H groups in total. The van der Waals surface area contributed by atoms with E-state index in [1.54, 1.807) is 6.08 Å². The van der Waals surface area contributed by atoms with Gasteiger partial charge < -0.3 is 9.64 Å². The quantitative estimate of drug-likeness (QED) is 0.640. The lowest BCUT2D eigenvalue weighted by Gasteiger charge is -2.35. The van der Waals surface area contributed by atoms with Crippen LogP contribution in [0.25, 0.3) is 6.08 Å². The number of ether oxygens (including phenoxy) is 1. The topological polar surface area (TPSA) is 79.0 Å². The van der Waals surface area contributed by atoms with Gasteiger partial charge in [-0.05, 0) is 36.6 Å². The van der Waals surface area contributed by atoms with Crippen molar-refractivity contribution in [2.24, 2.45) is 0 Å². The van der Waals surface area contributed by atoms with E-state index in [9.17, 15) is 14.4 Å². The molecule has 0 bridgehead atoms. The second kappa shape index (κ2) is 8.14. The Bertz CT molecular complexity index is 790. The molecule has 2 saturated heterocycles. The molecule has 4 amide bonds. The number of hydrogen-bond acceptors (Lipinski definition) is 5. The van der Waals surface area contributed by atoms with E-state index in [4.69, 9.17) is 4.74 Å². The molecule has 148 valence electrons. The van der Waals surface area contributed by atoms with E-state index in [1.807, 2.05) is 24.3 Å². The standard InChI is InChI=1S/C21H25N3O4/c25-19-18(20(26)24(21(27)22-19)17-4-2-1-3-5-17)14-15-6-8-16(9-7-15)23-10-12-28-13-11-23/h6-9,14,17H,1-5,10-13H2,(H,22,25,27)/b18-14-. The maximum Gasteiger partial charge on any atom is 0.331 e. The molecule has 1 aromatic carbocycles. The van der Waals surface area contributed by atoms with Crippen molar-refractivity contribution in [1.82, 2.24) is 10.2 Å². The van der Waals surface area contributed by atoms with Crippen LogP contribution in [0.5, 0.6) is 0 Å². The van der Waals surface area contributed by atoms with Crippen molar-refractivity contribution in [1.29, 1.82) is 0 Å². The van der Waals surface area contributed by atoms with Crippen LogP contribution in [-0.2, 0) is 14.3 Å². The molecule has 1 aliphatic carbocycles. The van der Waals surface area contributed by atoms with Crippen LogP contribution in [-0.4, -0.2) is 55.1 Å². The van der Waals surface area contributed by atoms with E-state index >= 15 is 0 Å². The van der Waals surface area contributed by atoms with Crippen LogP contribution in [0, 0.1) is 0 Å². The van der Waals surface area contributed by atoms with Gasteiger partial charge in [-0.1, -0.05) is 31.4 Å². The minimum atomic E-state index is -0.626. The number of amides is 4. The summed E-state index contributed by atoms with van der Waals surface area (Å²) >= 11 is 0. The van der Waals surface area contributed by atoms with Crippen LogP contribution in [0.1, 0.15) is 37.7 Å². The molecular weight excluding hydrogens is 358 g/mol. The summed E-state index contributed by atoms with van der Waals surface area (Å²) in [4.78, 5) is 41.0. The van der Waals surface area contributed by atoms with Gasteiger partial charge >= 0.3 is 6.03 Å². The van der Waals surface area contributed by atoms with Gasteiger partial charge in [0.2, 0.25) is 0 Å². The van der Waals surface area contributed by atoms with E-state index in [0.29, 0.717) is 13.2 Å². The van der Waals surface area contributed by atoms with Crippen molar-refractivity contribution in [2.75, 3.05) is 31.2 Å². The Morgan fingerprint density at radius 3 is 2.32 bits per heavy atom. The van der Waals surface area contributed by atoms with Crippen LogP contribution in [0.3, 0.4) is 0 Å². The van der Waals surface area contributed by atoms with Crippen molar-refractivity contribution in [3.63, 3.8) is 0 Å². The highest BCUT2D eigenvalue weighted by molar-refractivity contribution is 6.31. The lowest BCUT2D eigenvalue weighted by Crippen LogP contribution is -2.58.